The molecule has 324 valence electrons. The van der Waals surface area contributed by atoms with Crippen LogP contribution in [0.5, 0.6) is 0 Å². The van der Waals surface area contributed by atoms with Crippen molar-refractivity contribution < 1.29 is 36.0 Å². The second-order valence-corrected chi connectivity index (χ2v) is 36.1. The van der Waals surface area contributed by atoms with Crippen LogP contribution in [0.1, 0.15) is 70.6 Å². The van der Waals surface area contributed by atoms with Crippen molar-refractivity contribution in [1.82, 2.24) is 18.7 Å². The summed E-state index contributed by atoms with van der Waals surface area (Å²) >= 11 is 0. The van der Waals surface area contributed by atoms with Gasteiger partial charge >= 0.3 is 32.2 Å². The maximum Gasteiger partial charge on any atom is 2.00 e. The molecule has 4 aliphatic heterocycles. The molecule has 4 radical (unpaired) electrons. The van der Waals surface area contributed by atoms with Crippen molar-refractivity contribution in [2.75, 3.05) is 81.0 Å². The zero-order valence-corrected chi connectivity index (χ0v) is 43.0. The van der Waals surface area contributed by atoms with E-state index in [4.69, 9.17) is 34.1 Å². The van der Waals surface area contributed by atoms with Gasteiger partial charge in [0, 0.05) is 62.7 Å². The molecule has 0 spiro atoms. The summed E-state index contributed by atoms with van der Waals surface area (Å²) in [4.78, 5) is 0. The summed E-state index contributed by atoms with van der Waals surface area (Å²) < 4.78 is 33.3. The normalized spacial score (nSPS) is 30.8. The number of rotatable bonds is 16. The molecule has 3 unspecified atom stereocenters. The first-order valence-corrected chi connectivity index (χ1v) is 32.5. The smallest absolute Gasteiger partial charge is 0.383 e. The Labute approximate surface area is 368 Å². The van der Waals surface area contributed by atoms with Gasteiger partial charge in [-0.05, 0) is 76.2 Å². The molecular weight excluding hydrogens is 820 g/mol. The molecule has 8 nitrogen and oxygen atoms in total. The number of ether oxygens (including phenoxy) is 4. The van der Waals surface area contributed by atoms with Crippen molar-refractivity contribution in [1.29, 1.82) is 0 Å². The van der Waals surface area contributed by atoms with Crippen LogP contribution >= 0.6 is 14.9 Å². The van der Waals surface area contributed by atoms with Gasteiger partial charge in [0.25, 0.3) is 0 Å². The number of hydrogen-bond acceptors (Lipinski definition) is 8. The summed E-state index contributed by atoms with van der Waals surface area (Å²) in [5.74, 6) is 0. The molecule has 5 fully saturated rings. The molecule has 6 rings (SSSR count). The summed E-state index contributed by atoms with van der Waals surface area (Å²) in [7, 11) is 16.0. The van der Waals surface area contributed by atoms with E-state index in [-0.39, 0.29) is 30.2 Å². The third-order valence-corrected chi connectivity index (χ3v) is 27.2. The fraction of sp³-hybridized carbons (Fsp3) is 0.857. The van der Waals surface area contributed by atoms with Crippen molar-refractivity contribution in [3.05, 3.63) is 37.3 Å². The Hall–Kier alpha value is 0.973. The maximum absolute atomic E-state index is 7.72. The van der Waals surface area contributed by atoms with Gasteiger partial charge in [-0.25, -0.2) is 11.3 Å². The first-order chi connectivity index (χ1) is 26.2. The molecule has 4 heterocycles. The summed E-state index contributed by atoms with van der Waals surface area (Å²) in [5.41, 5.74) is 1.82. The fourth-order valence-corrected chi connectivity index (χ4v) is 25.6. The predicted molar refractivity (Wildman–Crippen MR) is 252 cm³/mol. The van der Waals surface area contributed by atoms with E-state index >= 15 is 0 Å². The van der Waals surface area contributed by atoms with Crippen LogP contribution in [0.3, 0.4) is 0 Å². The molecule has 0 aromatic rings. The second kappa shape index (κ2) is 23.1. The zero-order valence-electron chi connectivity index (χ0n) is 38.1. The first kappa shape index (κ1) is 52.3. The van der Waals surface area contributed by atoms with Gasteiger partial charge in [0.15, 0.2) is 0 Å². The third kappa shape index (κ3) is 11.8. The van der Waals surface area contributed by atoms with Crippen LogP contribution in [0.2, 0.25) is 44.8 Å². The first-order valence-electron chi connectivity index (χ1n) is 21.8. The maximum atomic E-state index is 7.72. The summed E-state index contributed by atoms with van der Waals surface area (Å²) in [6.45, 7) is 22.6. The number of hydrogen-bond donors (Lipinski definition) is 0. The fourth-order valence-electron chi connectivity index (χ4n) is 11.1. The third-order valence-electron chi connectivity index (χ3n) is 13.8. The van der Waals surface area contributed by atoms with Crippen LogP contribution in [-0.4, -0.2) is 166 Å². The SMILES string of the molecule is [B][P+](C1C=CC=C([Si](C)(C)C)[CH-]1)(N1CCC[C@H]1COC)N1CCC[C@H]1COC.[B][P+](C1CCCC1[Si](C)(C)C)(N1CCC[C@H]1COC)N1CCC[C@H]1COC.[CH3-].[Fe+2]. The van der Waals surface area contributed by atoms with Crippen LogP contribution in [0, 0.1) is 13.8 Å². The average Bonchev–Trinajstić information content (AvgIpc) is 3.99. The van der Waals surface area contributed by atoms with Gasteiger partial charge in [-0.15, -0.1) is 6.08 Å². The molecule has 7 atom stereocenters. The monoisotopic (exact) mass is 902 g/mol. The van der Waals surface area contributed by atoms with E-state index in [1.807, 2.05) is 28.4 Å². The molecular formula is C42H82B2FeN4O4P2Si2+2. The Kier molecular flexibility index (Phi) is 21.2. The summed E-state index contributed by atoms with van der Waals surface area (Å²) in [6, 6.07) is 1.85. The Bertz CT molecular complexity index is 1240. The van der Waals surface area contributed by atoms with E-state index in [0.717, 1.165) is 58.1 Å². The summed E-state index contributed by atoms with van der Waals surface area (Å²) in [5, 5.41) is 1.53. The molecule has 0 N–H and O–H groups in total. The molecule has 2 aliphatic carbocycles. The van der Waals surface area contributed by atoms with Crippen molar-refractivity contribution in [3.63, 3.8) is 0 Å². The van der Waals surface area contributed by atoms with Crippen molar-refractivity contribution in [3.8, 4) is 0 Å². The zero-order chi connectivity index (χ0) is 40.0. The van der Waals surface area contributed by atoms with Gasteiger partial charge in [-0.3, -0.25) is 0 Å². The quantitative estimate of drug-likeness (QED) is 0.0866. The molecule has 6 aliphatic rings. The van der Waals surface area contributed by atoms with E-state index < -0.39 is 31.0 Å². The Balaban J connectivity index is 0.000000295. The molecule has 0 bridgehead atoms. The minimum atomic E-state index is -2.07. The van der Waals surface area contributed by atoms with Crippen LogP contribution in [0.4, 0.5) is 0 Å². The second-order valence-electron chi connectivity index (χ2n) is 19.4. The Morgan fingerprint density at radius 3 is 1.35 bits per heavy atom. The van der Waals surface area contributed by atoms with Gasteiger partial charge in [-0.2, -0.15) is 25.1 Å². The standard InChI is InChI=1S/C21H38BN2O2PSi.C20H41BN2O2PSi.CH3.Fe/c1-25-16-18-9-7-13-23(18)27(22,24-14-8-10-19(24)17-26-2)20-11-6-12-21(15-20)28(3,4)5;1-24-15-17-9-7-13-22(17)26(21,23-14-8-10-18(23)16-25-2)19-11-6-12-20(19)27(3,4)5;;/h6,11-12,15,18-20H,7-10,13-14,16-17H2,1-5H3;17-20H,6-16H2,1-5H3;1H3;/q;+1;-1;+2/t18-,19-,20?;17-,18-,19?,20?;;/m00../s1. The van der Waals surface area contributed by atoms with E-state index in [2.05, 4.69) is 82.6 Å². The van der Waals surface area contributed by atoms with Crippen LogP contribution in [0.15, 0.2) is 23.4 Å². The molecule has 0 amide bonds. The minimum absolute atomic E-state index is 0. The number of allylic oxidation sites excluding steroid dienone is 4. The van der Waals surface area contributed by atoms with E-state index in [1.54, 1.807) is 0 Å². The van der Waals surface area contributed by atoms with Crippen molar-refractivity contribution in [2.24, 2.45) is 0 Å². The van der Waals surface area contributed by atoms with Gasteiger partial charge in [0.1, 0.15) is 7.44 Å². The molecule has 4 saturated heterocycles. The topological polar surface area (TPSA) is 49.9 Å². The van der Waals surface area contributed by atoms with Crippen molar-refractivity contribution in [2.45, 2.75) is 151 Å². The van der Waals surface area contributed by atoms with Gasteiger partial charge in [-0.1, -0.05) is 45.4 Å². The van der Waals surface area contributed by atoms with E-state index in [0.29, 0.717) is 29.8 Å². The predicted octanol–water partition coefficient (Wildman–Crippen LogP) is 8.93. The molecule has 57 heavy (non-hydrogen) atoms. The molecule has 0 aromatic heterocycles. The van der Waals surface area contributed by atoms with Crippen LogP contribution < -0.4 is 0 Å². The number of methoxy groups -OCH3 is 4. The molecule has 15 heteroatoms. The van der Waals surface area contributed by atoms with Crippen molar-refractivity contribution >= 4 is 46.2 Å². The minimum Gasteiger partial charge on any atom is -0.383 e. The molecule has 1 saturated carbocycles. The van der Waals surface area contributed by atoms with Gasteiger partial charge in [0.05, 0.1) is 77.4 Å². The van der Waals surface area contributed by atoms with Gasteiger partial charge < -0.3 is 26.4 Å². The summed E-state index contributed by atoms with van der Waals surface area (Å²) in [6.07, 6.45) is 23.3. The largest absolute Gasteiger partial charge is 2.00 e. The Morgan fingerprint density at radius 1 is 0.614 bits per heavy atom. The van der Waals surface area contributed by atoms with E-state index in [9.17, 15) is 0 Å². The van der Waals surface area contributed by atoms with Gasteiger partial charge in [0.2, 0.25) is 0 Å². The Morgan fingerprint density at radius 2 is 1.00 bits per heavy atom. The molecule has 0 aromatic carbocycles. The van der Waals surface area contributed by atoms with E-state index in [1.165, 1.54) is 75.8 Å². The average molecular weight is 903 g/mol. The van der Waals surface area contributed by atoms with Crippen LogP contribution in [0.25, 0.3) is 0 Å². The van der Waals surface area contributed by atoms with Crippen LogP contribution in [-0.2, 0) is 36.0 Å². The number of nitrogens with zero attached hydrogens (tertiary/aromatic N) is 4.